The molecule has 0 aliphatic heterocycles. The van der Waals surface area contributed by atoms with Crippen LogP contribution in [0.25, 0.3) is 0 Å². The zero-order valence-electron chi connectivity index (χ0n) is 12.0. The number of hydrogen-bond donors (Lipinski definition) is 1. The Morgan fingerprint density at radius 1 is 1.05 bits per heavy atom. The predicted octanol–water partition coefficient (Wildman–Crippen LogP) is 4.76. The lowest BCUT2D eigenvalue weighted by molar-refractivity contribution is 0.591. The van der Waals surface area contributed by atoms with Crippen molar-refractivity contribution in [3.63, 3.8) is 0 Å². The van der Waals surface area contributed by atoms with Gasteiger partial charge in [0.05, 0.1) is 0 Å². The van der Waals surface area contributed by atoms with Crippen LogP contribution in [-0.2, 0) is 12.3 Å². The van der Waals surface area contributed by atoms with Crippen LogP contribution in [-0.4, -0.2) is 6.54 Å². The van der Waals surface area contributed by atoms with Gasteiger partial charge >= 0.3 is 0 Å². The van der Waals surface area contributed by atoms with Crippen molar-refractivity contribution in [1.82, 2.24) is 5.32 Å². The van der Waals surface area contributed by atoms with Crippen molar-refractivity contribution >= 4 is 11.8 Å². The molecule has 0 spiro atoms. The average molecular weight is 307 g/mol. The Bertz CT molecular complexity index is 570. The molecule has 0 atom stereocenters. The monoisotopic (exact) mass is 307 g/mol. The Morgan fingerprint density at radius 2 is 1.81 bits per heavy atom. The summed E-state index contributed by atoms with van der Waals surface area (Å²) in [6.07, 6.45) is 1.12. The van der Waals surface area contributed by atoms with Crippen molar-refractivity contribution in [3.05, 3.63) is 65.2 Å². The minimum Gasteiger partial charge on any atom is -0.313 e. The first-order valence-corrected chi connectivity index (χ1v) is 8.04. The van der Waals surface area contributed by atoms with Gasteiger partial charge in [-0.05, 0) is 48.9 Å². The molecule has 2 aromatic carbocycles. The molecule has 0 unspecified atom stereocenters. The minimum atomic E-state index is -0.399. The Labute approximate surface area is 128 Å². The highest BCUT2D eigenvalue weighted by atomic mass is 32.2. The molecule has 0 radical (unpaired) electrons. The van der Waals surface area contributed by atoms with Gasteiger partial charge in [-0.2, -0.15) is 0 Å². The van der Waals surface area contributed by atoms with Gasteiger partial charge in [0.15, 0.2) is 0 Å². The molecule has 1 nitrogen and oxygen atoms in total. The van der Waals surface area contributed by atoms with Gasteiger partial charge < -0.3 is 5.32 Å². The van der Waals surface area contributed by atoms with E-state index in [9.17, 15) is 8.78 Å². The number of halogens is 2. The number of rotatable bonds is 7. The standard InChI is InChI=1S/C17H19F2NS/c1-2-9-20-11-13-3-6-16(7-4-13)21-12-14-10-15(18)5-8-17(14)19/h3-8,10,20H,2,9,11-12H2,1H3. The maximum atomic E-state index is 13.5. The number of nitrogens with one attached hydrogen (secondary N) is 1. The number of thioether (sulfide) groups is 1. The molecular weight excluding hydrogens is 288 g/mol. The van der Waals surface area contributed by atoms with E-state index in [1.54, 1.807) is 0 Å². The number of hydrogen-bond acceptors (Lipinski definition) is 2. The molecule has 0 fully saturated rings. The summed E-state index contributed by atoms with van der Waals surface area (Å²) < 4.78 is 26.6. The van der Waals surface area contributed by atoms with Crippen molar-refractivity contribution in [2.24, 2.45) is 0 Å². The molecule has 0 heterocycles. The summed E-state index contributed by atoms with van der Waals surface area (Å²) in [5, 5.41) is 3.34. The van der Waals surface area contributed by atoms with Crippen molar-refractivity contribution < 1.29 is 8.78 Å². The van der Waals surface area contributed by atoms with Crippen LogP contribution in [0.2, 0.25) is 0 Å². The Balaban J connectivity index is 1.90. The van der Waals surface area contributed by atoms with E-state index in [0.29, 0.717) is 11.3 Å². The molecule has 0 aromatic heterocycles. The first-order valence-electron chi connectivity index (χ1n) is 7.05. The van der Waals surface area contributed by atoms with Gasteiger partial charge in [0, 0.05) is 22.8 Å². The smallest absolute Gasteiger partial charge is 0.127 e. The fraction of sp³-hybridized carbons (Fsp3) is 0.294. The largest absolute Gasteiger partial charge is 0.313 e. The van der Waals surface area contributed by atoms with Crippen LogP contribution in [0.4, 0.5) is 8.78 Å². The molecule has 2 aromatic rings. The highest BCUT2D eigenvalue weighted by Gasteiger charge is 2.05. The highest BCUT2D eigenvalue weighted by Crippen LogP contribution is 2.24. The van der Waals surface area contributed by atoms with Crippen molar-refractivity contribution in [2.45, 2.75) is 30.5 Å². The zero-order valence-corrected chi connectivity index (χ0v) is 12.9. The van der Waals surface area contributed by atoms with Gasteiger partial charge in [0.2, 0.25) is 0 Å². The van der Waals surface area contributed by atoms with E-state index in [4.69, 9.17) is 0 Å². The van der Waals surface area contributed by atoms with Gasteiger partial charge in [0.1, 0.15) is 11.6 Å². The topological polar surface area (TPSA) is 12.0 Å². The van der Waals surface area contributed by atoms with E-state index in [1.807, 2.05) is 12.1 Å². The Morgan fingerprint density at radius 3 is 2.52 bits per heavy atom. The predicted molar refractivity (Wildman–Crippen MR) is 84.4 cm³/mol. The van der Waals surface area contributed by atoms with Crippen LogP contribution in [0.3, 0.4) is 0 Å². The molecule has 0 saturated carbocycles. The summed E-state index contributed by atoms with van der Waals surface area (Å²) in [5.74, 6) is -0.328. The van der Waals surface area contributed by atoms with Gasteiger partial charge in [-0.15, -0.1) is 11.8 Å². The molecule has 0 bridgehead atoms. The minimum absolute atomic E-state index is 0.357. The third kappa shape index (κ3) is 5.14. The highest BCUT2D eigenvalue weighted by molar-refractivity contribution is 7.98. The second-order valence-corrected chi connectivity index (χ2v) is 5.89. The molecule has 0 amide bonds. The van der Waals surface area contributed by atoms with Gasteiger partial charge in [-0.25, -0.2) is 8.78 Å². The molecular formula is C17H19F2NS. The van der Waals surface area contributed by atoms with Gasteiger partial charge in [0.25, 0.3) is 0 Å². The van der Waals surface area contributed by atoms with Crippen LogP contribution in [0.15, 0.2) is 47.4 Å². The summed E-state index contributed by atoms with van der Waals surface area (Å²) in [7, 11) is 0. The van der Waals surface area contributed by atoms with Crippen molar-refractivity contribution in [2.75, 3.05) is 6.54 Å². The lowest BCUT2D eigenvalue weighted by Crippen LogP contribution is -2.13. The second-order valence-electron chi connectivity index (χ2n) is 4.85. The number of benzene rings is 2. The Kier molecular flexibility index (Phi) is 6.21. The van der Waals surface area contributed by atoms with Gasteiger partial charge in [-0.3, -0.25) is 0 Å². The van der Waals surface area contributed by atoms with Crippen molar-refractivity contribution in [1.29, 1.82) is 0 Å². The zero-order chi connectivity index (χ0) is 15.1. The van der Waals surface area contributed by atoms with Crippen LogP contribution >= 0.6 is 11.8 Å². The lowest BCUT2D eigenvalue weighted by atomic mass is 10.2. The Hall–Kier alpha value is -1.39. The first-order chi connectivity index (χ1) is 10.2. The third-order valence-corrected chi connectivity index (χ3v) is 4.14. The maximum absolute atomic E-state index is 13.5. The molecule has 0 aliphatic rings. The summed E-state index contributed by atoms with van der Waals surface area (Å²) in [6.45, 7) is 4.00. The van der Waals surface area contributed by atoms with Gasteiger partial charge in [-0.1, -0.05) is 19.1 Å². The second kappa shape index (κ2) is 8.15. The molecule has 112 valence electrons. The fourth-order valence-electron chi connectivity index (χ4n) is 1.93. The molecule has 1 N–H and O–H groups in total. The fourth-order valence-corrected chi connectivity index (χ4v) is 2.80. The molecule has 2 rings (SSSR count). The normalized spacial score (nSPS) is 10.8. The van der Waals surface area contributed by atoms with Crippen LogP contribution in [0.1, 0.15) is 24.5 Å². The van der Waals surface area contributed by atoms with E-state index in [1.165, 1.54) is 29.5 Å². The van der Waals surface area contributed by atoms with E-state index >= 15 is 0 Å². The average Bonchev–Trinajstić information content (AvgIpc) is 2.50. The van der Waals surface area contributed by atoms with Crippen molar-refractivity contribution in [3.8, 4) is 0 Å². The summed E-state index contributed by atoms with van der Waals surface area (Å²) in [6, 6.07) is 11.7. The molecule has 0 aliphatic carbocycles. The van der Waals surface area contributed by atoms with E-state index < -0.39 is 5.82 Å². The van der Waals surface area contributed by atoms with Crippen LogP contribution in [0.5, 0.6) is 0 Å². The molecule has 0 saturated heterocycles. The summed E-state index contributed by atoms with van der Waals surface area (Å²) >= 11 is 1.51. The lowest BCUT2D eigenvalue weighted by Gasteiger charge is -2.06. The molecule has 4 heteroatoms. The summed E-state index contributed by atoms with van der Waals surface area (Å²) in [4.78, 5) is 1.05. The van der Waals surface area contributed by atoms with E-state index in [0.717, 1.165) is 30.5 Å². The first kappa shape index (κ1) is 16.0. The van der Waals surface area contributed by atoms with Crippen LogP contribution < -0.4 is 5.32 Å². The maximum Gasteiger partial charge on any atom is 0.127 e. The molecule has 21 heavy (non-hydrogen) atoms. The SMILES string of the molecule is CCCNCc1ccc(SCc2cc(F)ccc2F)cc1. The van der Waals surface area contributed by atoms with E-state index in [2.05, 4.69) is 24.4 Å². The van der Waals surface area contributed by atoms with E-state index in [-0.39, 0.29) is 5.82 Å². The third-order valence-electron chi connectivity index (χ3n) is 3.08. The van der Waals surface area contributed by atoms with Crippen LogP contribution in [0, 0.1) is 11.6 Å². The summed E-state index contributed by atoms with van der Waals surface area (Å²) in [5.41, 5.74) is 1.62. The quantitative estimate of drug-likeness (QED) is 0.585.